The highest BCUT2D eigenvalue weighted by atomic mass is 16.5. The third-order valence-corrected chi connectivity index (χ3v) is 4.47. The van der Waals surface area contributed by atoms with Gasteiger partial charge in [-0.2, -0.15) is 0 Å². The third kappa shape index (κ3) is 4.89. The van der Waals surface area contributed by atoms with Crippen molar-refractivity contribution in [1.82, 2.24) is 0 Å². The second-order valence-electron chi connectivity index (χ2n) is 6.49. The van der Waals surface area contributed by atoms with Crippen LogP contribution in [0.1, 0.15) is 55.9 Å². The molecule has 0 saturated carbocycles. The molecule has 0 aliphatic rings. The zero-order valence-corrected chi connectivity index (χ0v) is 16.1. The molecule has 0 atom stereocenters. The zero-order valence-electron chi connectivity index (χ0n) is 16.1. The predicted molar refractivity (Wildman–Crippen MR) is 99.9 cm³/mol. The highest BCUT2D eigenvalue weighted by Gasteiger charge is 2.17. The van der Waals surface area contributed by atoms with Crippen LogP contribution < -0.4 is 9.47 Å². The molecule has 0 saturated heterocycles. The molecule has 0 amide bonds. The van der Waals surface area contributed by atoms with Gasteiger partial charge in [0, 0.05) is 5.56 Å². The average molecular weight is 316 g/mol. The molecule has 0 bridgehead atoms. The van der Waals surface area contributed by atoms with Crippen LogP contribution in [0, 0.1) is 20.8 Å². The molecule has 0 N–H and O–H groups in total. The van der Waals surface area contributed by atoms with Gasteiger partial charge in [-0.25, -0.2) is 0 Å². The van der Waals surface area contributed by atoms with E-state index in [2.05, 4.69) is 53.7 Å². The van der Waals surface area contributed by atoms with Crippen molar-refractivity contribution < 1.29 is 9.47 Å². The first-order valence-electron chi connectivity index (χ1n) is 8.33. The molecule has 2 nitrogen and oxygen atoms in total. The molecule has 0 radical (unpaired) electrons. The second kappa shape index (κ2) is 8.81. The normalized spacial score (nSPS) is 11.4. The molecule has 0 aliphatic heterocycles. The third-order valence-electron chi connectivity index (χ3n) is 4.47. The Hall–Kier alpha value is -1.70. The van der Waals surface area contributed by atoms with E-state index in [1.54, 1.807) is 14.2 Å². The van der Waals surface area contributed by atoms with Gasteiger partial charge in [0.1, 0.15) is 11.5 Å². The topological polar surface area (TPSA) is 18.5 Å². The Morgan fingerprint density at radius 3 is 1.91 bits per heavy atom. The van der Waals surface area contributed by atoms with E-state index in [4.69, 9.17) is 9.47 Å². The van der Waals surface area contributed by atoms with Crippen molar-refractivity contribution in [2.24, 2.45) is 0 Å². The van der Waals surface area contributed by atoms with Crippen LogP contribution in [0.25, 0.3) is 0 Å². The van der Waals surface area contributed by atoms with Crippen molar-refractivity contribution in [3.8, 4) is 11.5 Å². The highest BCUT2D eigenvalue weighted by molar-refractivity contribution is 5.58. The van der Waals surface area contributed by atoms with Crippen molar-refractivity contribution in [3.63, 3.8) is 0 Å². The van der Waals surface area contributed by atoms with Crippen LogP contribution in [-0.4, -0.2) is 14.2 Å². The van der Waals surface area contributed by atoms with E-state index < -0.39 is 0 Å². The van der Waals surface area contributed by atoms with Crippen LogP contribution in [0.15, 0.2) is 23.3 Å². The van der Waals surface area contributed by atoms with Gasteiger partial charge in [0.05, 0.1) is 14.2 Å². The molecular formula is C21H32O2. The Morgan fingerprint density at radius 2 is 1.39 bits per heavy atom. The molecule has 0 spiro atoms. The van der Waals surface area contributed by atoms with E-state index in [1.165, 1.54) is 27.8 Å². The number of benzene rings is 1. The summed E-state index contributed by atoms with van der Waals surface area (Å²) in [6.45, 7) is 12.8. The molecular weight excluding hydrogens is 284 g/mol. The fourth-order valence-electron chi connectivity index (χ4n) is 2.95. The van der Waals surface area contributed by atoms with Gasteiger partial charge >= 0.3 is 0 Å². The first-order chi connectivity index (χ1) is 10.8. The van der Waals surface area contributed by atoms with Gasteiger partial charge in [-0.1, -0.05) is 23.3 Å². The zero-order chi connectivity index (χ0) is 17.6. The quantitative estimate of drug-likeness (QED) is 0.586. The lowest BCUT2D eigenvalue weighted by atomic mass is 9.94. The number of hydrogen-bond donors (Lipinski definition) is 0. The molecule has 1 aromatic carbocycles. The smallest absolute Gasteiger partial charge is 0.126 e. The van der Waals surface area contributed by atoms with Crippen molar-refractivity contribution in [3.05, 3.63) is 45.6 Å². The lowest BCUT2D eigenvalue weighted by molar-refractivity contribution is 0.391. The molecule has 0 heterocycles. The molecule has 0 aromatic heterocycles. The Kier molecular flexibility index (Phi) is 7.41. The van der Waals surface area contributed by atoms with Crippen LogP contribution in [-0.2, 0) is 6.42 Å². The monoisotopic (exact) mass is 316 g/mol. The molecule has 0 aliphatic carbocycles. The molecule has 2 heteroatoms. The number of ether oxygens (including phenoxy) is 2. The minimum Gasteiger partial charge on any atom is -0.496 e. The van der Waals surface area contributed by atoms with Crippen LogP contribution in [0.3, 0.4) is 0 Å². The minimum absolute atomic E-state index is 0.882. The van der Waals surface area contributed by atoms with Crippen molar-refractivity contribution in [2.75, 3.05) is 14.2 Å². The van der Waals surface area contributed by atoms with Crippen LogP contribution in [0.2, 0.25) is 0 Å². The Bertz CT molecular complexity index is 603. The number of allylic oxidation sites excluding steroid dienone is 4. The van der Waals surface area contributed by atoms with Crippen molar-refractivity contribution in [2.45, 2.75) is 60.8 Å². The fraction of sp³-hybridized carbons (Fsp3) is 0.524. The second-order valence-corrected chi connectivity index (χ2v) is 6.49. The molecule has 23 heavy (non-hydrogen) atoms. The van der Waals surface area contributed by atoms with E-state index in [0.29, 0.717) is 0 Å². The lowest BCUT2D eigenvalue weighted by Gasteiger charge is -2.20. The molecule has 0 fully saturated rings. The van der Waals surface area contributed by atoms with Gasteiger partial charge in [0.25, 0.3) is 0 Å². The van der Waals surface area contributed by atoms with Crippen LogP contribution >= 0.6 is 0 Å². The van der Waals surface area contributed by atoms with Gasteiger partial charge in [-0.3, -0.25) is 0 Å². The number of hydrogen-bond acceptors (Lipinski definition) is 2. The van der Waals surface area contributed by atoms with Crippen LogP contribution in [0.4, 0.5) is 0 Å². The summed E-state index contributed by atoms with van der Waals surface area (Å²) in [6, 6.07) is 0. The van der Waals surface area contributed by atoms with Gasteiger partial charge in [0.15, 0.2) is 0 Å². The summed E-state index contributed by atoms with van der Waals surface area (Å²) in [5, 5.41) is 0. The SMILES string of the molecule is COc1c(C)c(C)c(OC)c(CC=C(C)CCC=C(C)C)c1C. The molecule has 1 aromatic rings. The lowest BCUT2D eigenvalue weighted by Crippen LogP contribution is -2.03. The largest absolute Gasteiger partial charge is 0.496 e. The maximum Gasteiger partial charge on any atom is 0.126 e. The summed E-state index contributed by atoms with van der Waals surface area (Å²) < 4.78 is 11.3. The van der Waals surface area contributed by atoms with Gasteiger partial charge in [-0.15, -0.1) is 0 Å². The van der Waals surface area contributed by atoms with Crippen LogP contribution in [0.5, 0.6) is 11.5 Å². The Morgan fingerprint density at radius 1 is 0.826 bits per heavy atom. The average Bonchev–Trinajstić information content (AvgIpc) is 2.49. The maximum absolute atomic E-state index is 5.69. The van der Waals surface area contributed by atoms with E-state index >= 15 is 0 Å². The summed E-state index contributed by atoms with van der Waals surface area (Å²) in [5.41, 5.74) is 7.54. The highest BCUT2D eigenvalue weighted by Crippen LogP contribution is 2.38. The summed E-state index contributed by atoms with van der Waals surface area (Å²) in [6.07, 6.45) is 7.71. The van der Waals surface area contributed by atoms with Gasteiger partial charge in [0.2, 0.25) is 0 Å². The Balaban J connectivity index is 3.08. The minimum atomic E-state index is 0.882. The summed E-state index contributed by atoms with van der Waals surface area (Å²) in [7, 11) is 3.49. The first-order valence-corrected chi connectivity index (χ1v) is 8.33. The van der Waals surface area contributed by atoms with E-state index in [9.17, 15) is 0 Å². The van der Waals surface area contributed by atoms with E-state index in [-0.39, 0.29) is 0 Å². The molecule has 128 valence electrons. The summed E-state index contributed by atoms with van der Waals surface area (Å²) in [4.78, 5) is 0. The molecule has 1 rings (SSSR count). The van der Waals surface area contributed by atoms with Crippen molar-refractivity contribution in [1.29, 1.82) is 0 Å². The number of methoxy groups -OCH3 is 2. The predicted octanol–water partition coefficient (Wildman–Crippen LogP) is 5.86. The fourth-order valence-corrected chi connectivity index (χ4v) is 2.95. The molecule has 0 unspecified atom stereocenters. The summed E-state index contributed by atoms with van der Waals surface area (Å²) in [5.74, 6) is 1.98. The van der Waals surface area contributed by atoms with E-state index in [0.717, 1.165) is 36.3 Å². The van der Waals surface area contributed by atoms with Gasteiger partial charge < -0.3 is 9.47 Å². The standard InChI is InChI=1S/C21H32O2/c1-14(2)10-9-11-15(3)12-13-19-18(6)20(22-7)16(4)17(5)21(19)23-8/h10,12H,9,11,13H2,1-8H3. The first kappa shape index (κ1) is 19.3. The van der Waals surface area contributed by atoms with Crippen molar-refractivity contribution >= 4 is 0 Å². The van der Waals surface area contributed by atoms with Gasteiger partial charge in [-0.05, 0) is 77.5 Å². The summed E-state index contributed by atoms with van der Waals surface area (Å²) >= 11 is 0. The van der Waals surface area contributed by atoms with E-state index in [1.807, 2.05) is 0 Å². The number of rotatable bonds is 7. The maximum atomic E-state index is 5.69. The Labute approximate surface area is 142 Å².